The highest BCUT2D eigenvalue weighted by Gasteiger charge is 2.55. The molecule has 4 rings (SSSR count). The number of aliphatic hydroxyl groups excluding tert-OH is 1. The maximum atomic E-state index is 15.1. The maximum Gasteiger partial charge on any atom is 0.165 e. The van der Waals surface area contributed by atoms with Crippen molar-refractivity contribution in [2.45, 2.75) is 48.4 Å². The lowest BCUT2D eigenvalue weighted by molar-refractivity contribution is -0.0207. The third kappa shape index (κ3) is 3.51. The van der Waals surface area contributed by atoms with Crippen LogP contribution in [0.2, 0.25) is 0 Å². The number of aliphatic hydroxyl groups is 1. The topological polar surface area (TPSA) is 53.2 Å². The molecule has 152 valence electrons. The highest BCUT2D eigenvalue weighted by molar-refractivity contribution is 8.00. The number of benzene rings is 2. The minimum absolute atomic E-state index is 0.0173. The van der Waals surface area contributed by atoms with Crippen molar-refractivity contribution in [1.82, 2.24) is 0 Å². The van der Waals surface area contributed by atoms with Crippen molar-refractivity contribution >= 4 is 11.8 Å². The fraction of sp³-hybridized carbons (Fsp3) is 0.435. The number of nitrogens with zero attached hydrogens (tertiary/aromatic N) is 1. The lowest BCUT2D eigenvalue weighted by Crippen LogP contribution is -2.51. The second-order valence-electron chi connectivity index (χ2n) is 7.92. The summed E-state index contributed by atoms with van der Waals surface area (Å²) in [6, 6.07) is 12.4. The summed E-state index contributed by atoms with van der Waals surface area (Å²) in [5, 5.41) is 19.7. The number of aryl methyl sites for hydroxylation is 1. The van der Waals surface area contributed by atoms with Crippen LogP contribution in [0.25, 0.3) is 0 Å². The first-order valence-corrected chi connectivity index (χ1v) is 10.7. The van der Waals surface area contributed by atoms with Crippen molar-refractivity contribution in [3.63, 3.8) is 0 Å². The Labute approximate surface area is 173 Å². The number of halogens is 2. The Morgan fingerprint density at radius 3 is 2.66 bits per heavy atom. The molecule has 4 unspecified atom stereocenters. The first kappa shape index (κ1) is 20.2. The Hall–Kier alpha value is -2.10. The van der Waals surface area contributed by atoms with Crippen LogP contribution < -0.4 is 4.74 Å². The van der Waals surface area contributed by atoms with Gasteiger partial charge in [-0.05, 0) is 56.4 Å². The monoisotopic (exact) mass is 415 g/mol. The summed E-state index contributed by atoms with van der Waals surface area (Å²) < 4.78 is 34.7. The van der Waals surface area contributed by atoms with E-state index in [1.165, 1.54) is 11.8 Å². The quantitative estimate of drug-likeness (QED) is 0.732. The van der Waals surface area contributed by atoms with E-state index in [-0.39, 0.29) is 29.8 Å². The van der Waals surface area contributed by atoms with Gasteiger partial charge < -0.3 is 9.84 Å². The van der Waals surface area contributed by atoms with Crippen LogP contribution in [0.1, 0.15) is 36.8 Å². The lowest BCUT2D eigenvalue weighted by atomic mass is 9.65. The number of thioether (sulfide) groups is 1. The first-order valence-electron chi connectivity index (χ1n) is 9.88. The predicted molar refractivity (Wildman–Crippen MR) is 108 cm³/mol. The van der Waals surface area contributed by atoms with Gasteiger partial charge in [0, 0.05) is 22.8 Å². The Balaban J connectivity index is 1.86. The first-order chi connectivity index (χ1) is 14.0. The fourth-order valence-corrected chi connectivity index (χ4v) is 6.40. The minimum atomic E-state index is -0.756. The van der Waals surface area contributed by atoms with E-state index < -0.39 is 22.5 Å². The van der Waals surface area contributed by atoms with Gasteiger partial charge in [-0.3, -0.25) is 0 Å². The highest BCUT2D eigenvalue weighted by Crippen LogP contribution is 2.61. The lowest BCUT2D eigenvalue weighted by Gasteiger charge is -2.52. The largest absolute Gasteiger partial charge is 0.490 e. The van der Waals surface area contributed by atoms with Crippen LogP contribution in [0.15, 0.2) is 41.3 Å². The van der Waals surface area contributed by atoms with Gasteiger partial charge in [0.05, 0.1) is 23.5 Å². The van der Waals surface area contributed by atoms with Crippen LogP contribution in [0.5, 0.6) is 5.75 Å². The van der Waals surface area contributed by atoms with E-state index in [4.69, 9.17) is 10.00 Å². The molecule has 1 fully saturated rings. The third-order valence-electron chi connectivity index (χ3n) is 6.22. The summed E-state index contributed by atoms with van der Waals surface area (Å²) in [5.41, 5.74) is 1.38. The second-order valence-corrected chi connectivity index (χ2v) is 9.33. The van der Waals surface area contributed by atoms with Gasteiger partial charge in [0.25, 0.3) is 0 Å². The highest BCUT2D eigenvalue weighted by atomic mass is 32.2. The van der Waals surface area contributed by atoms with Crippen molar-refractivity contribution in [2.24, 2.45) is 11.8 Å². The summed E-state index contributed by atoms with van der Waals surface area (Å²) in [6.07, 6.45) is 1.22. The average Bonchev–Trinajstić information content (AvgIpc) is 2.71. The molecule has 0 radical (unpaired) electrons. The van der Waals surface area contributed by atoms with Gasteiger partial charge in [-0.2, -0.15) is 5.26 Å². The molecular formula is C23H23F2NO2S. The van der Waals surface area contributed by atoms with E-state index in [1.54, 1.807) is 0 Å². The van der Waals surface area contributed by atoms with Gasteiger partial charge in [-0.25, -0.2) is 8.78 Å². The van der Waals surface area contributed by atoms with Gasteiger partial charge in [0.1, 0.15) is 5.82 Å². The molecular weight excluding hydrogens is 392 g/mol. The molecule has 0 aromatic heterocycles. The molecule has 4 atom stereocenters. The van der Waals surface area contributed by atoms with E-state index in [9.17, 15) is 9.50 Å². The van der Waals surface area contributed by atoms with Crippen molar-refractivity contribution < 1.29 is 18.6 Å². The Bertz CT molecular complexity index is 943. The van der Waals surface area contributed by atoms with Gasteiger partial charge in [0.2, 0.25) is 0 Å². The maximum absolute atomic E-state index is 15.1. The molecule has 1 heterocycles. The SMILES string of the molecule is Cc1ccc(SC23CCC(O)C(CCC#N)C2COc2c(F)ccc(F)c23)cc1. The molecule has 29 heavy (non-hydrogen) atoms. The van der Waals surface area contributed by atoms with Crippen molar-refractivity contribution in [1.29, 1.82) is 5.26 Å². The molecule has 0 spiro atoms. The van der Waals surface area contributed by atoms with Crippen molar-refractivity contribution in [3.8, 4) is 11.8 Å². The fourth-order valence-electron chi connectivity index (χ4n) is 4.81. The molecule has 2 aromatic carbocycles. The summed E-state index contributed by atoms with van der Waals surface area (Å²) in [5.74, 6) is -1.51. The molecule has 0 bridgehead atoms. The van der Waals surface area contributed by atoms with Gasteiger partial charge >= 0.3 is 0 Å². The number of rotatable bonds is 4. The number of hydrogen-bond acceptors (Lipinski definition) is 4. The molecule has 0 saturated heterocycles. The Morgan fingerprint density at radius 2 is 1.93 bits per heavy atom. The second kappa shape index (κ2) is 7.97. The van der Waals surface area contributed by atoms with Crippen LogP contribution in [0, 0.1) is 41.7 Å². The van der Waals surface area contributed by atoms with E-state index in [2.05, 4.69) is 6.07 Å². The van der Waals surface area contributed by atoms with Gasteiger partial charge in [-0.1, -0.05) is 17.7 Å². The smallest absolute Gasteiger partial charge is 0.165 e. The van der Waals surface area contributed by atoms with Crippen LogP contribution in [-0.2, 0) is 4.75 Å². The van der Waals surface area contributed by atoms with Crippen molar-refractivity contribution in [2.75, 3.05) is 6.61 Å². The van der Waals surface area contributed by atoms with Crippen LogP contribution in [0.3, 0.4) is 0 Å². The normalized spacial score (nSPS) is 28.0. The van der Waals surface area contributed by atoms with Crippen molar-refractivity contribution in [3.05, 3.63) is 59.2 Å². The minimum Gasteiger partial charge on any atom is -0.490 e. The summed E-state index contributed by atoms with van der Waals surface area (Å²) in [4.78, 5) is 0.965. The van der Waals surface area contributed by atoms with E-state index in [0.717, 1.165) is 22.6 Å². The number of hydrogen-bond donors (Lipinski definition) is 1. The zero-order valence-corrected chi connectivity index (χ0v) is 17.0. The molecule has 3 nitrogen and oxygen atoms in total. The average molecular weight is 416 g/mol. The third-order valence-corrected chi connectivity index (χ3v) is 7.80. The molecule has 1 aliphatic carbocycles. The number of ether oxygens (including phenoxy) is 1. The summed E-state index contributed by atoms with van der Waals surface area (Å²) in [6.45, 7) is 2.20. The standard InChI is InChI=1S/C23H23F2NO2S/c1-14-4-6-15(7-5-14)29-23-11-10-20(27)16(3-2-12-26)17(23)13-28-22-19(25)9-8-18(24)21(22)23/h4-9,16-17,20,27H,2-3,10-11,13H2,1H3. The summed E-state index contributed by atoms with van der Waals surface area (Å²) in [7, 11) is 0. The van der Waals surface area contributed by atoms with E-state index >= 15 is 4.39 Å². The van der Waals surface area contributed by atoms with Crippen LogP contribution >= 0.6 is 11.8 Å². The molecule has 1 saturated carbocycles. The molecule has 0 amide bonds. The molecule has 2 aromatic rings. The molecule has 2 aliphatic rings. The Morgan fingerprint density at radius 1 is 1.21 bits per heavy atom. The van der Waals surface area contributed by atoms with Crippen LogP contribution in [0.4, 0.5) is 8.78 Å². The zero-order chi connectivity index (χ0) is 20.6. The van der Waals surface area contributed by atoms with Gasteiger partial charge in [-0.15, -0.1) is 11.8 Å². The van der Waals surface area contributed by atoms with E-state index in [1.807, 2.05) is 31.2 Å². The molecule has 6 heteroatoms. The van der Waals surface area contributed by atoms with Gasteiger partial charge in [0.15, 0.2) is 11.6 Å². The molecule has 1 N–H and O–H groups in total. The number of fused-ring (bicyclic) bond motifs is 3. The summed E-state index contributed by atoms with van der Waals surface area (Å²) >= 11 is 1.53. The van der Waals surface area contributed by atoms with Crippen LogP contribution in [-0.4, -0.2) is 17.8 Å². The predicted octanol–water partition coefficient (Wildman–Crippen LogP) is 5.34. The Kier molecular flexibility index (Phi) is 5.54. The zero-order valence-electron chi connectivity index (χ0n) is 16.2. The van der Waals surface area contributed by atoms with E-state index in [0.29, 0.717) is 25.7 Å². The molecule has 1 aliphatic heterocycles. The number of nitriles is 1.